The highest BCUT2D eigenvalue weighted by Crippen LogP contribution is 2.28. The Bertz CT molecular complexity index is 811. The first-order valence-electron chi connectivity index (χ1n) is 10.1. The third-order valence-corrected chi connectivity index (χ3v) is 5.38. The van der Waals surface area contributed by atoms with Gasteiger partial charge < -0.3 is 5.32 Å². The van der Waals surface area contributed by atoms with Gasteiger partial charge in [-0.25, -0.2) is 0 Å². The van der Waals surface area contributed by atoms with Crippen LogP contribution in [0.1, 0.15) is 59.3 Å². The summed E-state index contributed by atoms with van der Waals surface area (Å²) in [4.78, 5) is 27.1. The Balaban J connectivity index is 1.95. The minimum atomic E-state index is -1.32. The molecule has 2 aromatic rings. The van der Waals surface area contributed by atoms with E-state index in [1.807, 2.05) is 44.2 Å². The summed E-state index contributed by atoms with van der Waals surface area (Å²) in [5, 5.41) is 15.8. The lowest BCUT2D eigenvalue weighted by Crippen LogP contribution is -2.58. The average Bonchev–Trinajstić information content (AvgIpc) is 3.19. The topological polar surface area (TPSA) is 89.8 Å². The lowest BCUT2D eigenvalue weighted by Gasteiger charge is -2.34. The van der Waals surface area contributed by atoms with Crippen LogP contribution < -0.4 is 5.32 Å². The maximum Gasteiger partial charge on any atom is 0.225 e. The standard InChI is InChI=1S/C21H29N5O2/c1-15(2)14-21(16(3)27,22-20(28)18-12-8-5-9-13-18)26-24-19(23-25-26)17-10-6-4-7-11-17/h4,6-7,10-11,15,18H,5,8-9,12-14H2,1-3H3,(H,22,28). The molecule has 28 heavy (non-hydrogen) atoms. The van der Waals surface area contributed by atoms with Gasteiger partial charge >= 0.3 is 0 Å². The number of hydrogen-bond donors (Lipinski definition) is 1. The van der Waals surface area contributed by atoms with Crippen LogP contribution in [-0.4, -0.2) is 31.9 Å². The van der Waals surface area contributed by atoms with Crippen LogP contribution in [0.25, 0.3) is 11.4 Å². The number of hydrogen-bond acceptors (Lipinski definition) is 5. The molecule has 0 radical (unpaired) electrons. The number of amides is 1. The van der Waals surface area contributed by atoms with Crippen LogP contribution in [-0.2, 0) is 15.3 Å². The zero-order valence-corrected chi connectivity index (χ0v) is 16.9. The molecule has 1 aliphatic rings. The largest absolute Gasteiger partial charge is 0.324 e. The summed E-state index contributed by atoms with van der Waals surface area (Å²) in [5.41, 5.74) is -0.503. The van der Waals surface area contributed by atoms with Crippen molar-refractivity contribution < 1.29 is 9.59 Å². The van der Waals surface area contributed by atoms with Crippen molar-refractivity contribution in [3.8, 4) is 11.4 Å². The van der Waals surface area contributed by atoms with E-state index in [-0.39, 0.29) is 23.5 Å². The molecule has 1 aromatic carbocycles. The molecular formula is C21H29N5O2. The third kappa shape index (κ3) is 4.29. The summed E-state index contributed by atoms with van der Waals surface area (Å²) >= 11 is 0. The van der Waals surface area contributed by atoms with Crippen LogP contribution in [0.3, 0.4) is 0 Å². The van der Waals surface area contributed by atoms with Crippen molar-refractivity contribution >= 4 is 11.7 Å². The Morgan fingerprint density at radius 3 is 2.46 bits per heavy atom. The number of nitrogens with one attached hydrogen (secondary N) is 1. The van der Waals surface area contributed by atoms with E-state index in [2.05, 4.69) is 20.7 Å². The number of carbonyl (C=O) groups is 2. The highest BCUT2D eigenvalue weighted by molar-refractivity contribution is 5.90. The Morgan fingerprint density at radius 1 is 1.18 bits per heavy atom. The Labute approximate surface area is 165 Å². The normalized spacial score (nSPS) is 17.3. The van der Waals surface area contributed by atoms with E-state index in [0.717, 1.165) is 31.2 Å². The zero-order chi connectivity index (χ0) is 20.1. The number of nitrogens with zero attached hydrogens (tertiary/aromatic N) is 4. The summed E-state index contributed by atoms with van der Waals surface area (Å²) in [7, 11) is 0. The molecule has 1 amide bonds. The van der Waals surface area contributed by atoms with Crippen LogP contribution in [0.5, 0.6) is 0 Å². The lowest BCUT2D eigenvalue weighted by molar-refractivity contribution is -0.140. The monoisotopic (exact) mass is 383 g/mol. The molecule has 0 saturated heterocycles. The van der Waals surface area contributed by atoms with Crippen molar-refractivity contribution in [1.82, 2.24) is 25.5 Å². The van der Waals surface area contributed by atoms with Gasteiger partial charge in [0.25, 0.3) is 0 Å². The molecule has 150 valence electrons. The number of carbonyl (C=O) groups excluding carboxylic acids is 2. The fourth-order valence-corrected chi connectivity index (χ4v) is 3.90. The van der Waals surface area contributed by atoms with Crippen molar-refractivity contribution in [1.29, 1.82) is 0 Å². The molecule has 1 fully saturated rings. The Morgan fingerprint density at radius 2 is 1.86 bits per heavy atom. The lowest BCUT2D eigenvalue weighted by atomic mass is 9.87. The van der Waals surface area contributed by atoms with E-state index in [4.69, 9.17) is 0 Å². The predicted molar refractivity (Wildman–Crippen MR) is 106 cm³/mol. The Hall–Kier alpha value is -2.57. The number of benzene rings is 1. The molecular weight excluding hydrogens is 354 g/mol. The molecule has 1 atom stereocenters. The van der Waals surface area contributed by atoms with Gasteiger partial charge in [-0.2, -0.15) is 0 Å². The molecule has 1 aliphatic carbocycles. The van der Waals surface area contributed by atoms with Gasteiger partial charge in [-0.1, -0.05) is 63.4 Å². The maximum absolute atomic E-state index is 13.0. The highest BCUT2D eigenvalue weighted by Gasteiger charge is 2.43. The average molecular weight is 383 g/mol. The molecule has 1 saturated carbocycles. The quantitative estimate of drug-likeness (QED) is 0.792. The van der Waals surface area contributed by atoms with E-state index in [0.29, 0.717) is 12.2 Å². The molecule has 1 N–H and O–H groups in total. The zero-order valence-electron chi connectivity index (χ0n) is 16.9. The van der Waals surface area contributed by atoms with Gasteiger partial charge in [0.15, 0.2) is 5.78 Å². The van der Waals surface area contributed by atoms with Gasteiger partial charge in [0.2, 0.25) is 17.4 Å². The van der Waals surface area contributed by atoms with Crippen molar-refractivity contribution in [3.05, 3.63) is 30.3 Å². The van der Waals surface area contributed by atoms with Crippen LogP contribution in [0.2, 0.25) is 0 Å². The molecule has 7 nitrogen and oxygen atoms in total. The molecule has 0 spiro atoms. The SMILES string of the molecule is CC(=O)C(CC(C)C)(NC(=O)C1CCCCC1)n1nnc(-c2ccccc2)n1. The second-order valence-corrected chi connectivity index (χ2v) is 8.11. The predicted octanol–water partition coefficient (Wildman–Crippen LogP) is 3.32. The molecule has 0 aliphatic heterocycles. The summed E-state index contributed by atoms with van der Waals surface area (Å²) in [6.45, 7) is 5.51. The number of rotatable bonds is 7. The fourth-order valence-electron chi connectivity index (χ4n) is 3.90. The first-order valence-corrected chi connectivity index (χ1v) is 10.1. The van der Waals surface area contributed by atoms with Crippen LogP contribution in [0.15, 0.2) is 30.3 Å². The third-order valence-electron chi connectivity index (χ3n) is 5.38. The van der Waals surface area contributed by atoms with Crippen molar-refractivity contribution in [2.45, 2.75) is 65.0 Å². The molecule has 1 unspecified atom stereocenters. The van der Waals surface area contributed by atoms with Gasteiger partial charge in [0.1, 0.15) is 0 Å². The van der Waals surface area contributed by atoms with Gasteiger partial charge in [-0.3, -0.25) is 9.59 Å². The number of tetrazole rings is 1. The summed E-state index contributed by atoms with van der Waals surface area (Å²) in [6.07, 6.45) is 5.40. The van der Waals surface area contributed by atoms with E-state index in [1.54, 1.807) is 0 Å². The molecule has 1 aromatic heterocycles. The van der Waals surface area contributed by atoms with Gasteiger partial charge in [-0.05, 0) is 30.9 Å². The van der Waals surface area contributed by atoms with Gasteiger partial charge in [0, 0.05) is 17.9 Å². The number of Topliss-reactive ketones (excluding diaryl/α,β-unsaturated/α-hetero) is 1. The minimum absolute atomic E-state index is 0.0586. The van der Waals surface area contributed by atoms with Crippen molar-refractivity contribution in [3.63, 3.8) is 0 Å². The van der Waals surface area contributed by atoms with Crippen molar-refractivity contribution in [2.75, 3.05) is 0 Å². The van der Waals surface area contributed by atoms with Crippen molar-refractivity contribution in [2.24, 2.45) is 11.8 Å². The first kappa shape index (κ1) is 20.2. The van der Waals surface area contributed by atoms with E-state index in [1.165, 1.54) is 18.1 Å². The van der Waals surface area contributed by atoms with Crippen LogP contribution in [0, 0.1) is 11.8 Å². The molecule has 0 bridgehead atoms. The van der Waals surface area contributed by atoms with E-state index >= 15 is 0 Å². The first-order chi connectivity index (χ1) is 13.4. The second kappa shape index (κ2) is 8.63. The molecule has 7 heteroatoms. The van der Waals surface area contributed by atoms with E-state index < -0.39 is 5.66 Å². The summed E-state index contributed by atoms with van der Waals surface area (Å²) in [5.74, 6) is 0.247. The Kier molecular flexibility index (Phi) is 6.21. The number of aromatic nitrogens is 4. The molecule has 1 heterocycles. The summed E-state index contributed by atoms with van der Waals surface area (Å²) < 4.78 is 0. The van der Waals surface area contributed by atoms with Crippen LogP contribution in [0.4, 0.5) is 0 Å². The summed E-state index contributed by atoms with van der Waals surface area (Å²) in [6, 6.07) is 9.48. The van der Waals surface area contributed by atoms with Gasteiger partial charge in [0.05, 0.1) is 0 Å². The maximum atomic E-state index is 13.0. The number of ketones is 1. The minimum Gasteiger partial charge on any atom is -0.324 e. The smallest absolute Gasteiger partial charge is 0.225 e. The second-order valence-electron chi connectivity index (χ2n) is 8.11. The molecule has 3 rings (SSSR count). The van der Waals surface area contributed by atoms with E-state index in [9.17, 15) is 9.59 Å². The van der Waals surface area contributed by atoms with Gasteiger partial charge in [-0.15, -0.1) is 15.0 Å². The van der Waals surface area contributed by atoms with Crippen LogP contribution >= 0.6 is 0 Å². The highest BCUT2D eigenvalue weighted by atomic mass is 16.2. The fraction of sp³-hybridized carbons (Fsp3) is 0.571.